The molecule has 0 atom stereocenters. The van der Waals surface area contributed by atoms with Gasteiger partial charge in [0, 0.05) is 25.5 Å². The fourth-order valence-electron chi connectivity index (χ4n) is 1.50. The van der Waals surface area contributed by atoms with Crippen LogP contribution in [-0.4, -0.2) is 47.3 Å². The van der Waals surface area contributed by atoms with Crippen LogP contribution in [0.25, 0.3) is 0 Å². The summed E-state index contributed by atoms with van der Waals surface area (Å²) in [5.74, 6) is 1.77. The Hall–Kier alpha value is -0.810. The molecule has 0 saturated heterocycles. The molecule has 0 amide bonds. The standard InChI is InChI=1S/C12H22N4S/c1-5-16(6-2)7-8-17-11-10(3)9-14-12(13-4)15-11/h9H,5-8H2,1-4H3,(H,13,14,15). The quantitative estimate of drug-likeness (QED) is 0.597. The Morgan fingerprint density at radius 1 is 1.35 bits per heavy atom. The summed E-state index contributed by atoms with van der Waals surface area (Å²) in [6.07, 6.45) is 1.87. The molecule has 0 aliphatic rings. The first kappa shape index (κ1) is 14.3. The lowest BCUT2D eigenvalue weighted by molar-refractivity contribution is 0.324. The highest BCUT2D eigenvalue weighted by Gasteiger charge is 2.05. The highest BCUT2D eigenvalue weighted by atomic mass is 32.2. The lowest BCUT2D eigenvalue weighted by Gasteiger charge is -2.17. The van der Waals surface area contributed by atoms with Crippen molar-refractivity contribution in [3.8, 4) is 0 Å². The maximum Gasteiger partial charge on any atom is 0.223 e. The average molecular weight is 254 g/mol. The van der Waals surface area contributed by atoms with E-state index < -0.39 is 0 Å². The van der Waals surface area contributed by atoms with Gasteiger partial charge in [0.1, 0.15) is 5.03 Å². The molecule has 0 aliphatic carbocycles. The van der Waals surface area contributed by atoms with Crippen LogP contribution in [0, 0.1) is 6.92 Å². The molecule has 0 spiro atoms. The van der Waals surface area contributed by atoms with Gasteiger partial charge >= 0.3 is 0 Å². The number of rotatable bonds is 7. The zero-order chi connectivity index (χ0) is 12.7. The minimum Gasteiger partial charge on any atom is -0.357 e. The molecule has 17 heavy (non-hydrogen) atoms. The average Bonchev–Trinajstić information content (AvgIpc) is 2.36. The van der Waals surface area contributed by atoms with Crippen LogP contribution >= 0.6 is 11.8 Å². The predicted molar refractivity (Wildman–Crippen MR) is 74.8 cm³/mol. The van der Waals surface area contributed by atoms with E-state index in [0.717, 1.165) is 36.0 Å². The highest BCUT2D eigenvalue weighted by molar-refractivity contribution is 7.99. The van der Waals surface area contributed by atoms with Crippen molar-refractivity contribution in [2.75, 3.05) is 37.8 Å². The summed E-state index contributed by atoms with van der Waals surface area (Å²) in [7, 11) is 1.84. The van der Waals surface area contributed by atoms with Crippen molar-refractivity contribution in [2.24, 2.45) is 0 Å². The van der Waals surface area contributed by atoms with Gasteiger partial charge in [-0.05, 0) is 25.6 Å². The van der Waals surface area contributed by atoms with Crippen LogP contribution in [0.2, 0.25) is 0 Å². The van der Waals surface area contributed by atoms with E-state index in [1.54, 1.807) is 11.8 Å². The van der Waals surface area contributed by atoms with Crippen LogP contribution in [0.4, 0.5) is 5.95 Å². The fourth-order valence-corrected chi connectivity index (χ4v) is 2.48. The minimum atomic E-state index is 0.695. The fraction of sp³-hybridized carbons (Fsp3) is 0.667. The topological polar surface area (TPSA) is 41.1 Å². The number of thioether (sulfide) groups is 1. The number of aryl methyl sites for hydroxylation is 1. The van der Waals surface area contributed by atoms with Crippen molar-refractivity contribution in [1.82, 2.24) is 14.9 Å². The van der Waals surface area contributed by atoms with E-state index in [1.807, 2.05) is 13.2 Å². The first-order chi connectivity index (χ1) is 8.21. The third kappa shape index (κ3) is 4.52. The summed E-state index contributed by atoms with van der Waals surface area (Å²) in [6, 6.07) is 0. The lowest BCUT2D eigenvalue weighted by Crippen LogP contribution is -2.25. The molecular formula is C12H22N4S. The van der Waals surface area contributed by atoms with E-state index >= 15 is 0 Å². The minimum absolute atomic E-state index is 0.695. The summed E-state index contributed by atoms with van der Waals surface area (Å²) < 4.78 is 0. The Morgan fingerprint density at radius 2 is 2.06 bits per heavy atom. The van der Waals surface area contributed by atoms with Crippen LogP contribution in [0.1, 0.15) is 19.4 Å². The molecule has 1 N–H and O–H groups in total. The molecule has 0 unspecified atom stereocenters. The van der Waals surface area contributed by atoms with Gasteiger partial charge in [-0.2, -0.15) is 0 Å². The molecule has 0 aliphatic heterocycles. The van der Waals surface area contributed by atoms with Crippen molar-refractivity contribution in [3.05, 3.63) is 11.8 Å². The van der Waals surface area contributed by atoms with E-state index in [-0.39, 0.29) is 0 Å². The van der Waals surface area contributed by atoms with Gasteiger partial charge in [-0.3, -0.25) is 0 Å². The van der Waals surface area contributed by atoms with Crippen molar-refractivity contribution in [1.29, 1.82) is 0 Å². The summed E-state index contributed by atoms with van der Waals surface area (Å²) >= 11 is 1.80. The SMILES string of the molecule is CCN(CC)CCSc1nc(NC)ncc1C. The van der Waals surface area contributed by atoms with Crippen LogP contribution < -0.4 is 5.32 Å². The number of aromatic nitrogens is 2. The van der Waals surface area contributed by atoms with Crippen LogP contribution in [-0.2, 0) is 0 Å². The summed E-state index contributed by atoms with van der Waals surface area (Å²) in [5, 5.41) is 4.05. The molecule has 0 aromatic carbocycles. The number of nitrogens with one attached hydrogen (secondary N) is 1. The Balaban J connectivity index is 2.50. The third-order valence-corrected chi connectivity index (χ3v) is 3.76. The molecule has 0 bridgehead atoms. The molecule has 0 fully saturated rings. The van der Waals surface area contributed by atoms with Crippen molar-refractivity contribution < 1.29 is 0 Å². The molecule has 0 radical (unpaired) electrons. The molecule has 0 saturated carbocycles. The number of hydrogen-bond donors (Lipinski definition) is 1. The first-order valence-electron chi connectivity index (χ1n) is 6.07. The van der Waals surface area contributed by atoms with Crippen LogP contribution in [0.5, 0.6) is 0 Å². The van der Waals surface area contributed by atoms with E-state index in [9.17, 15) is 0 Å². The summed E-state index contributed by atoms with van der Waals surface area (Å²) in [6.45, 7) is 9.78. The Morgan fingerprint density at radius 3 is 2.65 bits per heavy atom. The van der Waals surface area contributed by atoms with Gasteiger partial charge in [-0.1, -0.05) is 13.8 Å². The second kappa shape index (κ2) is 7.50. The van der Waals surface area contributed by atoms with Gasteiger partial charge in [0.15, 0.2) is 0 Å². The number of anilines is 1. The van der Waals surface area contributed by atoms with E-state index in [2.05, 4.69) is 41.0 Å². The van der Waals surface area contributed by atoms with Gasteiger partial charge in [0.25, 0.3) is 0 Å². The normalized spacial score (nSPS) is 10.9. The second-order valence-corrected chi connectivity index (χ2v) is 4.89. The monoisotopic (exact) mass is 254 g/mol. The van der Waals surface area contributed by atoms with Gasteiger partial charge in [-0.25, -0.2) is 9.97 Å². The van der Waals surface area contributed by atoms with Gasteiger partial charge in [0.05, 0.1) is 0 Å². The highest BCUT2D eigenvalue weighted by Crippen LogP contribution is 2.20. The van der Waals surface area contributed by atoms with Gasteiger partial charge in [-0.15, -0.1) is 11.8 Å². The molecular weight excluding hydrogens is 232 g/mol. The van der Waals surface area contributed by atoms with E-state index in [0.29, 0.717) is 5.95 Å². The Bertz CT molecular complexity index is 339. The largest absolute Gasteiger partial charge is 0.357 e. The van der Waals surface area contributed by atoms with Crippen molar-refractivity contribution in [2.45, 2.75) is 25.8 Å². The smallest absolute Gasteiger partial charge is 0.223 e. The summed E-state index contributed by atoms with van der Waals surface area (Å²) in [4.78, 5) is 11.1. The first-order valence-corrected chi connectivity index (χ1v) is 7.06. The molecule has 96 valence electrons. The van der Waals surface area contributed by atoms with Crippen LogP contribution in [0.15, 0.2) is 11.2 Å². The van der Waals surface area contributed by atoms with Crippen molar-refractivity contribution >= 4 is 17.7 Å². The van der Waals surface area contributed by atoms with E-state index in [4.69, 9.17) is 0 Å². The van der Waals surface area contributed by atoms with Gasteiger partial charge in [0.2, 0.25) is 5.95 Å². The molecule has 1 rings (SSSR count). The Labute approximate surface area is 108 Å². The van der Waals surface area contributed by atoms with Gasteiger partial charge < -0.3 is 10.2 Å². The maximum atomic E-state index is 4.46. The predicted octanol–water partition coefficient (Wildman–Crippen LogP) is 2.26. The number of hydrogen-bond acceptors (Lipinski definition) is 5. The molecule has 4 nitrogen and oxygen atoms in total. The van der Waals surface area contributed by atoms with E-state index in [1.165, 1.54) is 0 Å². The zero-order valence-electron chi connectivity index (χ0n) is 11.2. The molecule has 1 aromatic heterocycles. The lowest BCUT2D eigenvalue weighted by atomic mass is 10.4. The second-order valence-electron chi connectivity index (χ2n) is 3.81. The van der Waals surface area contributed by atoms with Crippen molar-refractivity contribution in [3.63, 3.8) is 0 Å². The third-order valence-electron chi connectivity index (χ3n) is 2.69. The maximum absolute atomic E-state index is 4.46. The molecule has 1 aromatic rings. The Kier molecular flexibility index (Phi) is 6.29. The van der Waals surface area contributed by atoms with Crippen LogP contribution in [0.3, 0.4) is 0 Å². The summed E-state index contributed by atoms with van der Waals surface area (Å²) in [5.41, 5.74) is 1.15. The molecule has 5 heteroatoms. The zero-order valence-corrected chi connectivity index (χ0v) is 12.0. The number of nitrogens with zero attached hydrogens (tertiary/aromatic N) is 3. The molecule has 1 heterocycles.